The zero-order valence-electron chi connectivity index (χ0n) is 12.2. The van der Waals surface area contributed by atoms with E-state index in [0.29, 0.717) is 0 Å². The van der Waals surface area contributed by atoms with E-state index in [1.54, 1.807) is 0 Å². The zero-order valence-corrected chi connectivity index (χ0v) is 12.2. The lowest BCUT2D eigenvalue weighted by molar-refractivity contribution is 0.613. The Labute approximate surface area is 121 Å². The van der Waals surface area contributed by atoms with E-state index in [1.165, 1.54) is 5.56 Å². The van der Waals surface area contributed by atoms with Gasteiger partial charge in [-0.15, -0.1) is 0 Å². The summed E-state index contributed by atoms with van der Waals surface area (Å²) in [5.74, 6) is 0. The molecule has 1 aromatic carbocycles. The number of nitrogens with zero attached hydrogens (tertiary/aromatic N) is 2. The molecule has 1 N–H and O–H groups in total. The third-order valence-electron chi connectivity index (χ3n) is 3.99. The number of nitriles is 1. The summed E-state index contributed by atoms with van der Waals surface area (Å²) in [5.41, 5.74) is 2.07. The zero-order chi connectivity index (χ0) is 14.3. The van der Waals surface area contributed by atoms with Gasteiger partial charge < -0.3 is 10.3 Å². The molecule has 0 saturated heterocycles. The molecule has 1 aliphatic rings. The molecule has 0 unspecified atom stereocenters. The van der Waals surface area contributed by atoms with Crippen molar-refractivity contribution in [2.75, 3.05) is 12.4 Å². The fourth-order valence-electron chi connectivity index (χ4n) is 2.80. The van der Waals surface area contributed by atoms with Gasteiger partial charge in [-0.2, -0.15) is 5.26 Å². The molecule has 0 aromatic heterocycles. The van der Waals surface area contributed by atoms with Gasteiger partial charge in [0.05, 0.1) is 6.07 Å². The van der Waals surface area contributed by atoms with Crippen LogP contribution in [0.4, 0.5) is 5.69 Å². The predicted octanol–water partition coefficient (Wildman–Crippen LogP) is 3.96. The molecular weight excluding hydrogens is 246 g/mol. The van der Waals surface area contributed by atoms with E-state index in [1.807, 2.05) is 13.3 Å². The molecule has 2 rings (SSSR count). The van der Waals surface area contributed by atoms with Gasteiger partial charge in [-0.25, -0.2) is 0 Å². The number of anilines is 1. The van der Waals surface area contributed by atoms with E-state index >= 15 is 0 Å². The van der Waals surface area contributed by atoms with Crippen LogP contribution in [0.5, 0.6) is 0 Å². The van der Waals surface area contributed by atoms with Gasteiger partial charge in [0.15, 0.2) is 0 Å². The van der Waals surface area contributed by atoms with E-state index in [4.69, 9.17) is 0 Å². The highest BCUT2D eigenvalue weighted by Gasteiger charge is 2.33. The third-order valence-corrected chi connectivity index (χ3v) is 3.99. The maximum atomic E-state index is 9.37. The number of hydrogen-bond acceptors (Lipinski definition) is 3. The number of rotatable bonds is 6. The highest BCUT2D eigenvalue weighted by molar-refractivity contribution is 5.56. The topological polar surface area (TPSA) is 48.2 Å². The number of aryl methyl sites for hydroxylation is 1. The van der Waals surface area contributed by atoms with Gasteiger partial charge >= 0.3 is 0 Å². The summed E-state index contributed by atoms with van der Waals surface area (Å²) >= 11 is 0. The first-order chi connectivity index (χ1) is 9.78. The minimum Gasteiger partial charge on any atom is -0.367 e. The Morgan fingerprint density at radius 2 is 2.00 bits per heavy atom. The van der Waals surface area contributed by atoms with Crippen LogP contribution >= 0.6 is 0 Å². The van der Waals surface area contributed by atoms with E-state index in [9.17, 15) is 5.26 Å². The Balaban J connectivity index is 1.90. The van der Waals surface area contributed by atoms with Crippen molar-refractivity contribution in [2.45, 2.75) is 50.5 Å². The number of aliphatic imine (C=N–C) groups is 1. The molecule has 0 bridgehead atoms. The van der Waals surface area contributed by atoms with E-state index < -0.39 is 0 Å². The van der Waals surface area contributed by atoms with Gasteiger partial charge in [0, 0.05) is 12.7 Å². The first-order valence-corrected chi connectivity index (χ1v) is 7.47. The summed E-state index contributed by atoms with van der Waals surface area (Å²) in [5, 5.41) is 12.8. The molecule has 20 heavy (non-hydrogen) atoms. The standard InChI is InChI=1S/C17H23N3/c1-19-13-5-2-6-15-7-9-16(10-8-15)20-17(14-18)11-3-4-12-17/h7-10,13,20H,2-6,11-12H2,1H3. The van der Waals surface area contributed by atoms with Crippen LogP contribution in [0.1, 0.15) is 44.1 Å². The van der Waals surface area contributed by atoms with Crippen LogP contribution in [0.15, 0.2) is 29.3 Å². The molecule has 1 fully saturated rings. The molecular formula is C17H23N3. The van der Waals surface area contributed by atoms with Crippen molar-refractivity contribution < 1.29 is 0 Å². The minimum atomic E-state index is -0.334. The van der Waals surface area contributed by atoms with Gasteiger partial charge in [0.2, 0.25) is 0 Å². The summed E-state index contributed by atoms with van der Waals surface area (Å²) < 4.78 is 0. The van der Waals surface area contributed by atoms with Crippen LogP contribution < -0.4 is 5.32 Å². The maximum absolute atomic E-state index is 9.37. The van der Waals surface area contributed by atoms with Crippen molar-refractivity contribution in [2.24, 2.45) is 4.99 Å². The summed E-state index contributed by atoms with van der Waals surface area (Å²) in [6.07, 6.45) is 9.43. The monoisotopic (exact) mass is 269 g/mol. The van der Waals surface area contributed by atoms with Crippen LogP contribution in [0, 0.1) is 11.3 Å². The van der Waals surface area contributed by atoms with Gasteiger partial charge in [0.1, 0.15) is 5.54 Å². The second-order valence-electron chi connectivity index (χ2n) is 5.56. The van der Waals surface area contributed by atoms with Crippen molar-refractivity contribution in [3.8, 4) is 6.07 Å². The lowest BCUT2D eigenvalue weighted by Gasteiger charge is -2.23. The van der Waals surface area contributed by atoms with E-state index in [-0.39, 0.29) is 5.54 Å². The minimum absolute atomic E-state index is 0.334. The first-order valence-electron chi connectivity index (χ1n) is 7.47. The number of hydrogen-bond donors (Lipinski definition) is 1. The van der Waals surface area contributed by atoms with E-state index in [2.05, 4.69) is 40.6 Å². The molecule has 1 aromatic rings. The Hall–Kier alpha value is -1.82. The highest BCUT2D eigenvalue weighted by Crippen LogP contribution is 2.32. The van der Waals surface area contributed by atoms with Crippen molar-refractivity contribution >= 4 is 11.9 Å². The average Bonchev–Trinajstić information content (AvgIpc) is 2.94. The summed E-state index contributed by atoms with van der Waals surface area (Å²) in [6, 6.07) is 11.0. The van der Waals surface area contributed by atoms with Crippen LogP contribution in [0.25, 0.3) is 0 Å². The number of unbranched alkanes of at least 4 members (excludes halogenated alkanes) is 1. The fourth-order valence-corrected chi connectivity index (χ4v) is 2.80. The molecule has 3 nitrogen and oxygen atoms in total. The fraction of sp³-hybridized carbons (Fsp3) is 0.529. The van der Waals surface area contributed by atoms with Crippen molar-refractivity contribution in [1.82, 2.24) is 0 Å². The van der Waals surface area contributed by atoms with Crippen LogP contribution in [-0.4, -0.2) is 18.8 Å². The van der Waals surface area contributed by atoms with Crippen molar-refractivity contribution in [3.63, 3.8) is 0 Å². The molecule has 0 heterocycles. The molecule has 0 amide bonds. The summed E-state index contributed by atoms with van der Waals surface area (Å²) in [4.78, 5) is 3.99. The highest BCUT2D eigenvalue weighted by atomic mass is 15.0. The summed E-state index contributed by atoms with van der Waals surface area (Å²) in [7, 11) is 1.81. The van der Waals surface area contributed by atoms with Crippen molar-refractivity contribution in [3.05, 3.63) is 29.8 Å². The molecule has 0 atom stereocenters. The Kier molecular flexibility index (Phi) is 5.17. The lowest BCUT2D eigenvalue weighted by Crippen LogP contribution is -2.32. The van der Waals surface area contributed by atoms with E-state index in [0.717, 1.165) is 50.6 Å². The first kappa shape index (κ1) is 14.6. The number of benzene rings is 1. The molecule has 0 radical (unpaired) electrons. The number of nitrogens with one attached hydrogen (secondary N) is 1. The van der Waals surface area contributed by atoms with Gasteiger partial charge in [-0.05, 0) is 68.9 Å². The Morgan fingerprint density at radius 3 is 2.60 bits per heavy atom. The van der Waals surface area contributed by atoms with Crippen LogP contribution in [-0.2, 0) is 6.42 Å². The second kappa shape index (κ2) is 7.09. The Bertz CT molecular complexity index is 476. The SMILES string of the molecule is CN=CCCCc1ccc(NC2(C#N)CCCC2)cc1. The lowest BCUT2D eigenvalue weighted by atomic mass is 9.99. The Morgan fingerprint density at radius 1 is 1.30 bits per heavy atom. The van der Waals surface area contributed by atoms with Gasteiger partial charge in [-0.1, -0.05) is 12.1 Å². The molecule has 1 aliphatic carbocycles. The average molecular weight is 269 g/mol. The third kappa shape index (κ3) is 3.84. The maximum Gasteiger partial charge on any atom is 0.125 e. The molecule has 1 saturated carbocycles. The molecule has 106 valence electrons. The smallest absolute Gasteiger partial charge is 0.125 e. The second-order valence-corrected chi connectivity index (χ2v) is 5.56. The molecule has 0 aliphatic heterocycles. The van der Waals surface area contributed by atoms with Gasteiger partial charge in [-0.3, -0.25) is 0 Å². The van der Waals surface area contributed by atoms with Crippen molar-refractivity contribution in [1.29, 1.82) is 5.26 Å². The van der Waals surface area contributed by atoms with Crippen LogP contribution in [0.2, 0.25) is 0 Å². The van der Waals surface area contributed by atoms with Crippen LogP contribution in [0.3, 0.4) is 0 Å². The largest absolute Gasteiger partial charge is 0.367 e. The molecule has 0 spiro atoms. The van der Waals surface area contributed by atoms with Gasteiger partial charge in [0.25, 0.3) is 0 Å². The normalized spacial score (nSPS) is 17.2. The summed E-state index contributed by atoms with van der Waals surface area (Å²) in [6.45, 7) is 0. The predicted molar refractivity (Wildman–Crippen MR) is 84.2 cm³/mol. The molecule has 3 heteroatoms. The quantitative estimate of drug-likeness (QED) is 0.627.